The summed E-state index contributed by atoms with van der Waals surface area (Å²) in [5.74, 6) is 0.0882. The summed E-state index contributed by atoms with van der Waals surface area (Å²) in [4.78, 5) is 29.1. The van der Waals surface area contributed by atoms with Crippen LogP contribution in [0.2, 0.25) is 5.02 Å². The predicted molar refractivity (Wildman–Crippen MR) is 109 cm³/mol. The van der Waals surface area contributed by atoms with Crippen molar-refractivity contribution in [3.8, 4) is 0 Å². The summed E-state index contributed by atoms with van der Waals surface area (Å²) >= 11 is 7.71. The fraction of sp³-hybridized carbons (Fsp3) is 0.333. The molecule has 1 spiro atoms. The van der Waals surface area contributed by atoms with E-state index in [1.165, 1.54) is 12.1 Å². The van der Waals surface area contributed by atoms with Gasteiger partial charge in [0.05, 0.1) is 10.4 Å². The molecule has 0 saturated carbocycles. The third kappa shape index (κ3) is 3.51. The lowest BCUT2D eigenvalue weighted by Gasteiger charge is -2.44. The number of hydrogen-bond donors (Lipinski definition) is 0. The molecule has 2 amide bonds. The highest BCUT2D eigenvalue weighted by atomic mass is 35.5. The lowest BCUT2D eigenvalue weighted by atomic mass is 10.00. The molecule has 0 unspecified atom stereocenters. The number of hydrogen-bond acceptors (Lipinski definition) is 3. The molecular formula is C21H20ClFN2O2S. The quantitative estimate of drug-likeness (QED) is 0.730. The smallest absolute Gasteiger partial charge is 0.256 e. The number of benzene rings is 2. The Hall–Kier alpha value is -2.05. The van der Waals surface area contributed by atoms with E-state index in [-0.39, 0.29) is 22.2 Å². The van der Waals surface area contributed by atoms with E-state index in [9.17, 15) is 14.0 Å². The van der Waals surface area contributed by atoms with Crippen LogP contribution >= 0.6 is 23.4 Å². The Morgan fingerprint density at radius 2 is 1.64 bits per heavy atom. The number of nitrogens with zero attached hydrogens (tertiary/aromatic N) is 2. The molecule has 2 aliphatic rings. The van der Waals surface area contributed by atoms with Gasteiger partial charge in [-0.05, 0) is 49.2 Å². The largest absolute Gasteiger partial charge is 0.338 e. The SMILES string of the molecule is O=C(c1ccccc1F)N1CCC2(CC1)SCCN2C(=O)c1ccc(Cl)cc1. The van der Waals surface area contributed by atoms with E-state index >= 15 is 0 Å². The molecule has 2 fully saturated rings. The second kappa shape index (κ2) is 7.76. The molecule has 2 heterocycles. The molecule has 0 radical (unpaired) electrons. The number of amides is 2. The second-order valence-corrected chi connectivity index (χ2v) is 8.92. The molecule has 4 rings (SSSR count). The van der Waals surface area contributed by atoms with Gasteiger partial charge in [0.2, 0.25) is 0 Å². The molecule has 2 aromatic rings. The maximum Gasteiger partial charge on any atom is 0.256 e. The second-order valence-electron chi connectivity index (χ2n) is 7.03. The van der Waals surface area contributed by atoms with Gasteiger partial charge in [-0.3, -0.25) is 9.59 Å². The zero-order valence-electron chi connectivity index (χ0n) is 15.2. The minimum Gasteiger partial charge on any atom is -0.338 e. The zero-order chi connectivity index (χ0) is 19.7. The van der Waals surface area contributed by atoms with Crippen LogP contribution < -0.4 is 0 Å². The highest BCUT2D eigenvalue weighted by molar-refractivity contribution is 8.00. The van der Waals surface area contributed by atoms with Crippen molar-refractivity contribution in [3.63, 3.8) is 0 Å². The molecule has 0 bridgehead atoms. The van der Waals surface area contributed by atoms with Gasteiger partial charge in [-0.2, -0.15) is 0 Å². The van der Waals surface area contributed by atoms with Crippen LogP contribution in [0.15, 0.2) is 48.5 Å². The van der Waals surface area contributed by atoms with Crippen molar-refractivity contribution in [2.75, 3.05) is 25.4 Å². The first-order chi connectivity index (χ1) is 13.5. The van der Waals surface area contributed by atoms with E-state index in [1.54, 1.807) is 53.1 Å². The van der Waals surface area contributed by atoms with Gasteiger partial charge in [0.25, 0.3) is 11.8 Å². The Morgan fingerprint density at radius 3 is 2.32 bits per heavy atom. The number of piperidine rings is 1. The summed E-state index contributed by atoms with van der Waals surface area (Å²) in [5.41, 5.74) is 0.725. The zero-order valence-corrected chi connectivity index (χ0v) is 16.8. The molecule has 0 atom stereocenters. The summed E-state index contributed by atoms with van der Waals surface area (Å²) in [7, 11) is 0. The maximum atomic E-state index is 14.0. The van der Waals surface area contributed by atoms with Crippen LogP contribution in [-0.2, 0) is 0 Å². The molecule has 146 valence electrons. The Labute approximate surface area is 172 Å². The third-order valence-corrected chi connectivity index (χ3v) is 7.25. The summed E-state index contributed by atoms with van der Waals surface area (Å²) in [5, 5.41) is 0.599. The molecule has 2 aliphatic heterocycles. The number of halogens is 2. The van der Waals surface area contributed by atoms with E-state index in [0.717, 1.165) is 5.75 Å². The van der Waals surface area contributed by atoms with Gasteiger partial charge in [0.1, 0.15) is 5.82 Å². The lowest BCUT2D eigenvalue weighted by molar-refractivity contribution is 0.0496. The van der Waals surface area contributed by atoms with Gasteiger partial charge >= 0.3 is 0 Å². The summed E-state index contributed by atoms with van der Waals surface area (Å²) in [6, 6.07) is 13.0. The van der Waals surface area contributed by atoms with Gasteiger partial charge in [0, 0.05) is 36.0 Å². The van der Waals surface area contributed by atoms with Gasteiger partial charge in [0.15, 0.2) is 0 Å². The van der Waals surface area contributed by atoms with Gasteiger partial charge < -0.3 is 9.80 Å². The summed E-state index contributed by atoms with van der Waals surface area (Å²) < 4.78 is 14.0. The number of thioether (sulfide) groups is 1. The Kier molecular flexibility index (Phi) is 5.34. The topological polar surface area (TPSA) is 40.6 Å². The molecule has 2 saturated heterocycles. The Bertz CT molecular complexity index is 898. The van der Waals surface area contributed by atoms with E-state index in [4.69, 9.17) is 11.6 Å². The van der Waals surface area contributed by atoms with Crippen LogP contribution in [0.25, 0.3) is 0 Å². The minimum atomic E-state index is -0.498. The van der Waals surface area contributed by atoms with Gasteiger partial charge in [-0.25, -0.2) is 4.39 Å². The van der Waals surface area contributed by atoms with E-state index in [2.05, 4.69) is 0 Å². The Morgan fingerprint density at radius 1 is 0.964 bits per heavy atom. The molecule has 2 aromatic carbocycles. The van der Waals surface area contributed by atoms with Gasteiger partial charge in [-0.15, -0.1) is 11.8 Å². The van der Waals surface area contributed by atoms with Gasteiger partial charge in [-0.1, -0.05) is 23.7 Å². The molecule has 4 nitrogen and oxygen atoms in total. The van der Waals surface area contributed by atoms with Crippen molar-refractivity contribution in [1.29, 1.82) is 0 Å². The van der Waals surface area contributed by atoms with Crippen LogP contribution in [0.4, 0.5) is 4.39 Å². The van der Waals surface area contributed by atoms with Crippen LogP contribution in [0.5, 0.6) is 0 Å². The number of likely N-dealkylation sites (tertiary alicyclic amines) is 1. The molecule has 28 heavy (non-hydrogen) atoms. The standard InChI is InChI=1S/C21H20ClFN2O2S/c22-16-7-5-15(6-8-16)19(26)25-13-14-28-21(25)9-11-24(12-10-21)20(27)17-3-1-2-4-18(17)23/h1-8H,9-14H2. The van der Waals surface area contributed by atoms with Crippen LogP contribution in [-0.4, -0.2) is 51.9 Å². The highest BCUT2D eigenvalue weighted by Gasteiger charge is 2.47. The fourth-order valence-corrected chi connectivity index (χ4v) is 5.50. The van der Waals surface area contributed by atoms with Crippen molar-refractivity contribution >= 4 is 35.2 Å². The monoisotopic (exact) mass is 418 g/mol. The number of rotatable bonds is 2. The molecule has 0 aliphatic carbocycles. The maximum absolute atomic E-state index is 14.0. The minimum absolute atomic E-state index is 0.00412. The summed E-state index contributed by atoms with van der Waals surface area (Å²) in [6.07, 6.45) is 1.36. The molecular weight excluding hydrogens is 399 g/mol. The Balaban J connectivity index is 1.48. The van der Waals surface area contributed by atoms with E-state index < -0.39 is 5.82 Å². The van der Waals surface area contributed by atoms with E-state index in [0.29, 0.717) is 43.1 Å². The average molecular weight is 419 g/mol. The lowest BCUT2D eigenvalue weighted by Crippen LogP contribution is -2.53. The first kappa shape index (κ1) is 19.3. The number of carbonyl (C=O) groups excluding carboxylic acids is 2. The van der Waals surface area contributed by atoms with Crippen LogP contribution in [0, 0.1) is 5.82 Å². The van der Waals surface area contributed by atoms with Crippen LogP contribution in [0.3, 0.4) is 0 Å². The number of carbonyl (C=O) groups is 2. The van der Waals surface area contributed by atoms with E-state index in [1.807, 2.05) is 4.90 Å². The first-order valence-corrected chi connectivity index (χ1v) is 10.6. The average Bonchev–Trinajstić information content (AvgIpc) is 3.11. The predicted octanol–water partition coefficient (Wildman–Crippen LogP) is 4.30. The molecule has 7 heteroatoms. The van der Waals surface area contributed by atoms with Crippen molar-refractivity contribution in [1.82, 2.24) is 9.80 Å². The fourth-order valence-electron chi connectivity index (χ4n) is 3.92. The van der Waals surface area contributed by atoms with Crippen molar-refractivity contribution in [2.45, 2.75) is 17.7 Å². The van der Waals surface area contributed by atoms with Crippen molar-refractivity contribution in [3.05, 3.63) is 70.5 Å². The molecule has 0 aromatic heterocycles. The van der Waals surface area contributed by atoms with Crippen molar-refractivity contribution < 1.29 is 14.0 Å². The van der Waals surface area contributed by atoms with Crippen LogP contribution in [0.1, 0.15) is 33.6 Å². The summed E-state index contributed by atoms with van der Waals surface area (Å²) in [6.45, 7) is 1.70. The molecule has 0 N–H and O–H groups in total. The van der Waals surface area contributed by atoms with Crippen molar-refractivity contribution in [2.24, 2.45) is 0 Å². The third-order valence-electron chi connectivity index (χ3n) is 5.45. The normalized spacial score (nSPS) is 18.5. The first-order valence-electron chi connectivity index (χ1n) is 9.25. The highest BCUT2D eigenvalue weighted by Crippen LogP contribution is 2.44.